The summed E-state index contributed by atoms with van der Waals surface area (Å²) in [6, 6.07) is 3.63. The molecule has 0 spiro atoms. The number of carboxylic acid groups (broad SMARTS) is 1. The van der Waals surface area contributed by atoms with Crippen LogP contribution < -0.4 is 0 Å². The molecule has 1 aromatic heterocycles. The fourth-order valence-corrected chi connectivity index (χ4v) is 2.27. The van der Waals surface area contributed by atoms with Crippen LogP contribution in [0.1, 0.15) is 43.2 Å². The highest BCUT2D eigenvalue weighted by Crippen LogP contribution is 2.22. The summed E-state index contributed by atoms with van der Waals surface area (Å²) in [5.41, 5.74) is 1.44. The quantitative estimate of drug-likeness (QED) is 0.896. The average Bonchev–Trinajstić information content (AvgIpc) is 2.86. The van der Waals surface area contributed by atoms with E-state index < -0.39 is 11.9 Å². The molecule has 5 heteroatoms. The number of pyridine rings is 1. The summed E-state index contributed by atoms with van der Waals surface area (Å²) in [5, 5.41) is 8.96. The van der Waals surface area contributed by atoms with Gasteiger partial charge in [0.1, 0.15) is 5.69 Å². The fraction of sp³-hybridized carbons (Fsp3) is 0.533. The summed E-state index contributed by atoms with van der Waals surface area (Å²) in [4.78, 5) is 28.9. The van der Waals surface area contributed by atoms with Gasteiger partial charge in [-0.1, -0.05) is 26.8 Å². The van der Waals surface area contributed by atoms with E-state index in [0.29, 0.717) is 18.7 Å². The van der Waals surface area contributed by atoms with E-state index in [9.17, 15) is 9.59 Å². The number of hydrogen-bond acceptors (Lipinski definition) is 3. The van der Waals surface area contributed by atoms with Gasteiger partial charge in [-0.25, -0.2) is 0 Å². The van der Waals surface area contributed by atoms with E-state index >= 15 is 0 Å². The first kappa shape index (κ1) is 14.5. The molecule has 2 rings (SSSR count). The van der Waals surface area contributed by atoms with Gasteiger partial charge in [-0.2, -0.15) is 0 Å². The van der Waals surface area contributed by atoms with E-state index in [0.717, 1.165) is 5.56 Å². The lowest BCUT2D eigenvalue weighted by atomic mass is 9.88. The third kappa shape index (κ3) is 2.98. The normalized spacial score (nSPS) is 19.1. The molecule has 1 aliphatic rings. The second-order valence-corrected chi connectivity index (χ2v) is 6.26. The van der Waals surface area contributed by atoms with E-state index in [1.165, 1.54) is 0 Å². The summed E-state index contributed by atoms with van der Waals surface area (Å²) >= 11 is 0. The second-order valence-electron chi connectivity index (χ2n) is 6.26. The number of rotatable bonds is 2. The Morgan fingerprint density at radius 1 is 1.35 bits per heavy atom. The highest BCUT2D eigenvalue weighted by Gasteiger charge is 2.31. The van der Waals surface area contributed by atoms with E-state index in [2.05, 4.69) is 25.8 Å². The highest BCUT2D eigenvalue weighted by atomic mass is 16.4. The summed E-state index contributed by atoms with van der Waals surface area (Å²) in [6.45, 7) is 7.02. The molecule has 20 heavy (non-hydrogen) atoms. The molecule has 2 heterocycles. The zero-order chi connectivity index (χ0) is 14.9. The SMILES string of the molecule is CC(C)(C)c1ccc(C(=O)N2CCC(C(=O)O)C2)nc1. The minimum atomic E-state index is -0.837. The molecule has 0 saturated carbocycles. The molecule has 1 fully saturated rings. The number of aliphatic carboxylic acids is 1. The minimum Gasteiger partial charge on any atom is -0.481 e. The predicted molar refractivity (Wildman–Crippen MR) is 74.6 cm³/mol. The zero-order valence-electron chi connectivity index (χ0n) is 12.1. The standard InChI is InChI=1S/C15H20N2O3/c1-15(2,3)11-4-5-12(16-8-11)13(18)17-7-6-10(9-17)14(19)20/h4-5,8,10H,6-7,9H2,1-3H3,(H,19,20). The van der Waals surface area contributed by atoms with E-state index in [1.807, 2.05) is 6.07 Å². The maximum absolute atomic E-state index is 12.2. The van der Waals surface area contributed by atoms with Gasteiger partial charge in [-0.3, -0.25) is 14.6 Å². The first-order valence-corrected chi connectivity index (χ1v) is 6.77. The Morgan fingerprint density at radius 3 is 2.50 bits per heavy atom. The second kappa shape index (κ2) is 5.23. The Labute approximate surface area is 118 Å². The number of aromatic nitrogens is 1. The molecule has 0 aliphatic carbocycles. The molecular formula is C15H20N2O3. The molecule has 1 amide bonds. The van der Waals surface area contributed by atoms with E-state index in [1.54, 1.807) is 17.2 Å². The molecule has 1 saturated heterocycles. The van der Waals surface area contributed by atoms with E-state index in [-0.39, 0.29) is 17.9 Å². The van der Waals surface area contributed by atoms with Crippen molar-refractivity contribution in [3.63, 3.8) is 0 Å². The van der Waals surface area contributed by atoms with Gasteiger partial charge in [0, 0.05) is 19.3 Å². The Hall–Kier alpha value is -1.91. The van der Waals surface area contributed by atoms with Crippen molar-refractivity contribution in [2.75, 3.05) is 13.1 Å². The number of carboxylic acids is 1. The van der Waals surface area contributed by atoms with Gasteiger partial charge in [0.2, 0.25) is 0 Å². The average molecular weight is 276 g/mol. The number of nitrogens with zero attached hydrogens (tertiary/aromatic N) is 2. The summed E-state index contributed by atoms with van der Waals surface area (Å²) in [6.07, 6.45) is 2.24. The van der Waals surface area contributed by atoms with Crippen molar-refractivity contribution in [1.82, 2.24) is 9.88 Å². The van der Waals surface area contributed by atoms with Crippen LogP contribution in [0, 0.1) is 5.92 Å². The van der Waals surface area contributed by atoms with Gasteiger partial charge < -0.3 is 10.0 Å². The van der Waals surface area contributed by atoms with Crippen molar-refractivity contribution in [3.05, 3.63) is 29.6 Å². The first-order valence-electron chi connectivity index (χ1n) is 6.77. The lowest BCUT2D eigenvalue weighted by Crippen LogP contribution is -2.30. The molecule has 0 bridgehead atoms. The van der Waals surface area contributed by atoms with Crippen LogP contribution in [0.2, 0.25) is 0 Å². The number of hydrogen-bond donors (Lipinski definition) is 1. The number of amides is 1. The van der Waals surface area contributed by atoms with Crippen LogP contribution in [0.3, 0.4) is 0 Å². The van der Waals surface area contributed by atoms with Crippen LogP contribution in [-0.2, 0) is 10.2 Å². The van der Waals surface area contributed by atoms with Crippen molar-refractivity contribution >= 4 is 11.9 Å². The summed E-state index contributed by atoms with van der Waals surface area (Å²) < 4.78 is 0. The number of likely N-dealkylation sites (tertiary alicyclic amines) is 1. The molecule has 1 aliphatic heterocycles. The largest absolute Gasteiger partial charge is 0.481 e. The number of carbonyl (C=O) groups is 2. The van der Waals surface area contributed by atoms with Crippen molar-refractivity contribution in [2.45, 2.75) is 32.6 Å². The smallest absolute Gasteiger partial charge is 0.308 e. The predicted octanol–water partition coefficient (Wildman–Crippen LogP) is 1.93. The molecule has 1 N–H and O–H groups in total. The van der Waals surface area contributed by atoms with E-state index in [4.69, 9.17) is 5.11 Å². The van der Waals surface area contributed by atoms with Crippen molar-refractivity contribution < 1.29 is 14.7 Å². The third-order valence-corrected chi connectivity index (χ3v) is 3.67. The zero-order valence-corrected chi connectivity index (χ0v) is 12.1. The lowest BCUT2D eigenvalue weighted by molar-refractivity contribution is -0.141. The fourth-order valence-electron chi connectivity index (χ4n) is 2.27. The summed E-state index contributed by atoms with van der Waals surface area (Å²) in [7, 11) is 0. The monoisotopic (exact) mass is 276 g/mol. The van der Waals surface area contributed by atoms with Gasteiger partial charge in [0.15, 0.2) is 0 Å². The first-order chi connectivity index (χ1) is 9.29. The van der Waals surface area contributed by atoms with Gasteiger partial charge in [0.25, 0.3) is 5.91 Å². The van der Waals surface area contributed by atoms with Crippen molar-refractivity contribution in [1.29, 1.82) is 0 Å². The third-order valence-electron chi connectivity index (χ3n) is 3.67. The molecule has 1 unspecified atom stereocenters. The maximum atomic E-state index is 12.2. The molecule has 1 aromatic rings. The Bertz CT molecular complexity index is 517. The van der Waals surface area contributed by atoms with Crippen LogP contribution in [0.5, 0.6) is 0 Å². The minimum absolute atomic E-state index is 0.00335. The van der Waals surface area contributed by atoms with Crippen LogP contribution in [0.15, 0.2) is 18.3 Å². The number of carbonyl (C=O) groups excluding carboxylic acids is 1. The Balaban J connectivity index is 2.09. The lowest BCUT2D eigenvalue weighted by Gasteiger charge is -2.19. The molecule has 108 valence electrons. The Kier molecular flexibility index (Phi) is 3.79. The topological polar surface area (TPSA) is 70.5 Å². The van der Waals surface area contributed by atoms with Crippen LogP contribution in [0.25, 0.3) is 0 Å². The Morgan fingerprint density at radius 2 is 2.05 bits per heavy atom. The van der Waals surface area contributed by atoms with Gasteiger partial charge in [0.05, 0.1) is 5.92 Å². The van der Waals surface area contributed by atoms with Crippen LogP contribution in [0.4, 0.5) is 0 Å². The van der Waals surface area contributed by atoms with Crippen LogP contribution in [-0.4, -0.2) is 40.0 Å². The summed E-state index contributed by atoms with van der Waals surface area (Å²) in [5.74, 6) is -1.47. The van der Waals surface area contributed by atoms with Crippen molar-refractivity contribution in [2.24, 2.45) is 5.92 Å². The van der Waals surface area contributed by atoms with Gasteiger partial charge >= 0.3 is 5.97 Å². The molecule has 1 atom stereocenters. The van der Waals surface area contributed by atoms with Crippen molar-refractivity contribution in [3.8, 4) is 0 Å². The molecule has 0 radical (unpaired) electrons. The highest BCUT2D eigenvalue weighted by molar-refractivity contribution is 5.93. The van der Waals surface area contributed by atoms with Crippen LogP contribution >= 0.6 is 0 Å². The maximum Gasteiger partial charge on any atom is 0.308 e. The van der Waals surface area contributed by atoms with Gasteiger partial charge in [-0.05, 0) is 23.5 Å². The molecule has 0 aromatic carbocycles. The van der Waals surface area contributed by atoms with Gasteiger partial charge in [-0.15, -0.1) is 0 Å². The molecular weight excluding hydrogens is 256 g/mol. The molecule has 5 nitrogen and oxygen atoms in total.